The highest BCUT2D eigenvalue weighted by Crippen LogP contribution is 2.14. The average molecular weight is 235 g/mol. The molecule has 0 amide bonds. The van der Waals surface area contributed by atoms with Crippen LogP contribution in [0.2, 0.25) is 0 Å². The Balaban J connectivity index is 1.80. The number of H-pyrrole nitrogens is 1. The predicted octanol–water partition coefficient (Wildman–Crippen LogP) is 1.22. The van der Waals surface area contributed by atoms with Gasteiger partial charge in [-0.2, -0.15) is 0 Å². The normalized spacial score (nSPS) is 18.8. The van der Waals surface area contributed by atoms with Crippen molar-refractivity contribution in [1.29, 1.82) is 0 Å². The summed E-state index contributed by atoms with van der Waals surface area (Å²) in [5.74, 6) is 0.193. The Hall–Kier alpha value is -1.13. The predicted molar refractivity (Wildman–Crippen MR) is 68.3 cm³/mol. The fraction of sp³-hybridized carbons (Fsp3) is 0.615. The Labute approximate surface area is 103 Å². The summed E-state index contributed by atoms with van der Waals surface area (Å²) in [5, 5.41) is 0. The fourth-order valence-corrected chi connectivity index (χ4v) is 2.39. The number of nitrogens with one attached hydrogen (secondary N) is 1. The highest BCUT2D eigenvalue weighted by Gasteiger charge is 2.22. The molecular formula is C13H21N3O. The lowest BCUT2D eigenvalue weighted by atomic mass is 10.0. The molecule has 1 saturated heterocycles. The largest absolute Gasteiger partial charge is 0.359 e. The van der Waals surface area contributed by atoms with Gasteiger partial charge < -0.3 is 9.88 Å². The van der Waals surface area contributed by atoms with Gasteiger partial charge in [-0.1, -0.05) is 0 Å². The first kappa shape index (κ1) is 12.3. The molecule has 4 nitrogen and oxygen atoms in total. The van der Waals surface area contributed by atoms with Gasteiger partial charge >= 0.3 is 0 Å². The molecule has 1 aromatic rings. The smallest absolute Gasteiger partial charge is 0.192 e. The topological polar surface area (TPSA) is 39.3 Å². The van der Waals surface area contributed by atoms with Gasteiger partial charge in [-0.05, 0) is 39.1 Å². The van der Waals surface area contributed by atoms with Crippen LogP contribution in [0.25, 0.3) is 0 Å². The lowest BCUT2D eigenvalue weighted by molar-refractivity contribution is 0.0870. The Morgan fingerprint density at radius 1 is 1.47 bits per heavy atom. The molecule has 17 heavy (non-hydrogen) atoms. The molecular weight excluding hydrogens is 214 g/mol. The minimum absolute atomic E-state index is 0.193. The zero-order chi connectivity index (χ0) is 12.3. The molecule has 0 spiro atoms. The number of aromatic nitrogens is 1. The monoisotopic (exact) mass is 235 g/mol. The van der Waals surface area contributed by atoms with Crippen molar-refractivity contribution in [2.24, 2.45) is 0 Å². The Morgan fingerprint density at radius 2 is 2.18 bits per heavy atom. The second kappa shape index (κ2) is 5.47. The van der Waals surface area contributed by atoms with Crippen molar-refractivity contribution < 1.29 is 4.79 Å². The van der Waals surface area contributed by atoms with Crippen LogP contribution in [0, 0.1) is 0 Å². The maximum atomic E-state index is 11.9. The Kier molecular flexibility index (Phi) is 3.97. The first-order chi connectivity index (χ1) is 8.16. The molecule has 1 aliphatic rings. The summed E-state index contributed by atoms with van der Waals surface area (Å²) in [6.07, 6.45) is 4.11. The number of rotatable bonds is 4. The number of nitrogens with zero attached hydrogens (tertiary/aromatic N) is 2. The lowest BCUT2D eigenvalue weighted by Gasteiger charge is -2.34. The minimum atomic E-state index is 0.193. The molecule has 94 valence electrons. The molecule has 0 aromatic carbocycles. The number of Topliss-reactive ketones (excluding diaryl/α,β-unsaturated/α-hetero) is 1. The summed E-state index contributed by atoms with van der Waals surface area (Å²) in [6, 6.07) is 4.38. The Morgan fingerprint density at radius 3 is 2.71 bits per heavy atom. The van der Waals surface area contributed by atoms with Gasteiger partial charge in [0.1, 0.15) is 0 Å². The van der Waals surface area contributed by atoms with E-state index in [0.717, 1.165) is 31.6 Å². The van der Waals surface area contributed by atoms with Crippen LogP contribution in [0.15, 0.2) is 18.3 Å². The highest BCUT2D eigenvalue weighted by atomic mass is 16.1. The van der Waals surface area contributed by atoms with Crippen molar-refractivity contribution in [2.45, 2.75) is 18.9 Å². The van der Waals surface area contributed by atoms with E-state index >= 15 is 0 Å². The van der Waals surface area contributed by atoms with E-state index in [9.17, 15) is 4.79 Å². The number of likely N-dealkylation sites (tertiary alicyclic amines) is 1. The molecule has 1 aromatic heterocycles. The molecule has 0 atom stereocenters. The number of aromatic amines is 1. The third kappa shape index (κ3) is 3.17. The molecule has 0 unspecified atom stereocenters. The average Bonchev–Trinajstić information content (AvgIpc) is 2.83. The lowest BCUT2D eigenvalue weighted by Crippen LogP contribution is -2.43. The third-order valence-electron chi connectivity index (χ3n) is 3.55. The van der Waals surface area contributed by atoms with Crippen molar-refractivity contribution in [1.82, 2.24) is 14.8 Å². The summed E-state index contributed by atoms with van der Waals surface area (Å²) < 4.78 is 0. The zero-order valence-corrected chi connectivity index (χ0v) is 10.6. The van der Waals surface area contributed by atoms with Crippen LogP contribution in [-0.2, 0) is 0 Å². The van der Waals surface area contributed by atoms with E-state index in [-0.39, 0.29) is 5.78 Å². The molecule has 1 aliphatic heterocycles. The maximum Gasteiger partial charge on any atom is 0.192 e. The van der Waals surface area contributed by atoms with Gasteiger partial charge in [0.2, 0.25) is 0 Å². The van der Waals surface area contributed by atoms with E-state index in [4.69, 9.17) is 0 Å². The summed E-state index contributed by atoms with van der Waals surface area (Å²) in [7, 11) is 4.26. The number of piperidine rings is 1. The first-order valence-corrected chi connectivity index (χ1v) is 6.22. The van der Waals surface area contributed by atoms with Crippen LogP contribution in [-0.4, -0.2) is 60.3 Å². The van der Waals surface area contributed by atoms with Crippen molar-refractivity contribution in [2.75, 3.05) is 33.7 Å². The van der Waals surface area contributed by atoms with E-state index in [0.29, 0.717) is 12.6 Å². The van der Waals surface area contributed by atoms with Crippen LogP contribution in [0.1, 0.15) is 23.3 Å². The van der Waals surface area contributed by atoms with Gasteiger partial charge in [-0.3, -0.25) is 9.69 Å². The van der Waals surface area contributed by atoms with Gasteiger partial charge in [0.05, 0.1) is 12.2 Å². The number of carbonyl (C=O) groups excluding carboxylic acids is 1. The zero-order valence-electron chi connectivity index (χ0n) is 10.6. The molecule has 1 fully saturated rings. The third-order valence-corrected chi connectivity index (χ3v) is 3.55. The van der Waals surface area contributed by atoms with E-state index < -0.39 is 0 Å². The van der Waals surface area contributed by atoms with Crippen LogP contribution in [0.4, 0.5) is 0 Å². The van der Waals surface area contributed by atoms with E-state index in [2.05, 4.69) is 28.9 Å². The minimum Gasteiger partial charge on any atom is -0.359 e. The standard InChI is InChI=1S/C13H21N3O/c1-15(2)11-5-8-16(9-6-11)10-13(17)12-4-3-7-14-12/h3-4,7,11,14H,5-6,8-10H2,1-2H3. The van der Waals surface area contributed by atoms with Crippen molar-refractivity contribution in [3.63, 3.8) is 0 Å². The van der Waals surface area contributed by atoms with Crippen LogP contribution in [0.3, 0.4) is 0 Å². The highest BCUT2D eigenvalue weighted by molar-refractivity contribution is 5.95. The quantitative estimate of drug-likeness (QED) is 0.798. The van der Waals surface area contributed by atoms with Crippen LogP contribution >= 0.6 is 0 Å². The van der Waals surface area contributed by atoms with E-state index in [1.54, 1.807) is 6.20 Å². The molecule has 0 radical (unpaired) electrons. The van der Waals surface area contributed by atoms with Crippen LogP contribution in [0.5, 0.6) is 0 Å². The summed E-state index contributed by atoms with van der Waals surface area (Å²) in [5.41, 5.74) is 0.722. The maximum absolute atomic E-state index is 11.9. The SMILES string of the molecule is CN(C)C1CCN(CC(=O)c2ccc[nH]2)CC1. The first-order valence-electron chi connectivity index (χ1n) is 6.22. The van der Waals surface area contributed by atoms with Gasteiger partial charge in [0, 0.05) is 25.3 Å². The summed E-state index contributed by atoms with van der Waals surface area (Å²) >= 11 is 0. The van der Waals surface area contributed by atoms with Gasteiger partial charge in [-0.15, -0.1) is 0 Å². The molecule has 0 bridgehead atoms. The molecule has 2 rings (SSSR count). The van der Waals surface area contributed by atoms with Crippen molar-refractivity contribution >= 4 is 5.78 Å². The second-order valence-corrected chi connectivity index (χ2v) is 4.98. The summed E-state index contributed by atoms with van der Waals surface area (Å²) in [6.45, 7) is 2.59. The molecule has 0 saturated carbocycles. The molecule has 4 heteroatoms. The van der Waals surface area contributed by atoms with Gasteiger partial charge in [-0.25, -0.2) is 0 Å². The molecule has 1 N–H and O–H groups in total. The van der Waals surface area contributed by atoms with Gasteiger partial charge in [0.15, 0.2) is 5.78 Å². The van der Waals surface area contributed by atoms with Crippen molar-refractivity contribution in [3.8, 4) is 0 Å². The number of hydrogen-bond acceptors (Lipinski definition) is 3. The van der Waals surface area contributed by atoms with E-state index in [1.807, 2.05) is 12.1 Å². The Bertz CT molecular complexity index is 351. The number of hydrogen-bond donors (Lipinski definition) is 1. The molecule has 2 heterocycles. The van der Waals surface area contributed by atoms with E-state index in [1.165, 1.54) is 0 Å². The second-order valence-electron chi connectivity index (χ2n) is 4.98. The summed E-state index contributed by atoms with van der Waals surface area (Å²) in [4.78, 5) is 19.4. The fourth-order valence-electron chi connectivity index (χ4n) is 2.39. The molecule has 0 aliphatic carbocycles. The van der Waals surface area contributed by atoms with Gasteiger partial charge in [0.25, 0.3) is 0 Å². The number of ketones is 1. The van der Waals surface area contributed by atoms with Crippen molar-refractivity contribution in [3.05, 3.63) is 24.0 Å². The van der Waals surface area contributed by atoms with Crippen LogP contribution < -0.4 is 0 Å². The number of carbonyl (C=O) groups is 1.